The first-order chi connectivity index (χ1) is 10.1. The van der Waals surface area contributed by atoms with Crippen LogP contribution < -0.4 is 11.5 Å². The van der Waals surface area contributed by atoms with E-state index in [1.807, 2.05) is 4.90 Å². The number of nitrogens with two attached hydrogens (primary N) is 2. The van der Waals surface area contributed by atoms with Gasteiger partial charge in [0.15, 0.2) is 0 Å². The Kier molecular flexibility index (Phi) is 5.41. The van der Waals surface area contributed by atoms with E-state index in [9.17, 15) is 4.79 Å². The number of anilines is 2. The minimum Gasteiger partial charge on any atom is -0.399 e. The van der Waals surface area contributed by atoms with E-state index in [0.717, 1.165) is 45.8 Å². The van der Waals surface area contributed by atoms with Crippen LogP contribution in [0.5, 0.6) is 0 Å². The number of hydrogen-bond donors (Lipinski definition) is 2. The van der Waals surface area contributed by atoms with Gasteiger partial charge in [0.05, 0.1) is 6.61 Å². The summed E-state index contributed by atoms with van der Waals surface area (Å²) in [5.74, 6) is 0.00240. The van der Waals surface area contributed by atoms with E-state index in [4.69, 9.17) is 16.2 Å². The molecule has 2 rings (SSSR count). The summed E-state index contributed by atoms with van der Waals surface area (Å²) in [7, 11) is 1.71. The van der Waals surface area contributed by atoms with E-state index >= 15 is 0 Å². The largest absolute Gasteiger partial charge is 0.399 e. The summed E-state index contributed by atoms with van der Waals surface area (Å²) >= 11 is 0. The average Bonchev–Trinajstić information content (AvgIpc) is 2.68. The van der Waals surface area contributed by atoms with Gasteiger partial charge in [-0.3, -0.25) is 9.69 Å². The van der Waals surface area contributed by atoms with Crippen molar-refractivity contribution in [2.24, 2.45) is 0 Å². The van der Waals surface area contributed by atoms with Crippen LogP contribution in [0.3, 0.4) is 0 Å². The quantitative estimate of drug-likeness (QED) is 0.796. The topological polar surface area (TPSA) is 84.8 Å². The fourth-order valence-electron chi connectivity index (χ4n) is 2.60. The van der Waals surface area contributed by atoms with Crippen molar-refractivity contribution >= 4 is 17.3 Å². The van der Waals surface area contributed by atoms with E-state index in [2.05, 4.69) is 4.90 Å². The molecule has 0 radical (unpaired) electrons. The highest BCUT2D eigenvalue weighted by Gasteiger charge is 2.20. The van der Waals surface area contributed by atoms with E-state index in [1.54, 1.807) is 25.3 Å². The van der Waals surface area contributed by atoms with Crippen molar-refractivity contribution in [1.82, 2.24) is 9.80 Å². The summed E-state index contributed by atoms with van der Waals surface area (Å²) in [4.78, 5) is 16.7. The van der Waals surface area contributed by atoms with Crippen LogP contribution in [0.2, 0.25) is 0 Å². The Balaban J connectivity index is 1.99. The van der Waals surface area contributed by atoms with Crippen LogP contribution in [0.25, 0.3) is 0 Å². The van der Waals surface area contributed by atoms with Crippen molar-refractivity contribution in [1.29, 1.82) is 0 Å². The van der Waals surface area contributed by atoms with Crippen LogP contribution in [0.15, 0.2) is 18.2 Å². The molecule has 0 saturated carbocycles. The highest BCUT2D eigenvalue weighted by atomic mass is 16.5. The normalized spacial score (nSPS) is 16.7. The minimum atomic E-state index is 0.00240. The fourth-order valence-corrected chi connectivity index (χ4v) is 2.60. The van der Waals surface area contributed by atoms with Gasteiger partial charge in [-0.25, -0.2) is 0 Å². The van der Waals surface area contributed by atoms with E-state index < -0.39 is 0 Å². The third-order valence-corrected chi connectivity index (χ3v) is 3.71. The van der Waals surface area contributed by atoms with Crippen LogP contribution >= 0.6 is 0 Å². The lowest BCUT2D eigenvalue weighted by Crippen LogP contribution is -2.36. The molecule has 0 bridgehead atoms. The average molecular weight is 292 g/mol. The SMILES string of the molecule is COCCN1CCCN(C(=O)c2cc(N)cc(N)c2)CC1. The molecule has 0 aromatic heterocycles. The van der Waals surface area contributed by atoms with Gasteiger partial charge in [-0.2, -0.15) is 0 Å². The summed E-state index contributed by atoms with van der Waals surface area (Å²) in [5.41, 5.74) is 13.1. The van der Waals surface area contributed by atoms with Crippen LogP contribution in [0, 0.1) is 0 Å². The third kappa shape index (κ3) is 4.34. The van der Waals surface area contributed by atoms with Gasteiger partial charge < -0.3 is 21.1 Å². The monoisotopic (exact) mass is 292 g/mol. The van der Waals surface area contributed by atoms with Crippen molar-refractivity contribution in [2.45, 2.75) is 6.42 Å². The number of ether oxygens (including phenoxy) is 1. The first kappa shape index (κ1) is 15.6. The van der Waals surface area contributed by atoms with Gasteiger partial charge in [0.2, 0.25) is 0 Å². The molecule has 1 saturated heterocycles. The van der Waals surface area contributed by atoms with Crippen LogP contribution in [-0.2, 0) is 4.74 Å². The first-order valence-electron chi connectivity index (χ1n) is 7.27. The van der Waals surface area contributed by atoms with Gasteiger partial charge in [-0.05, 0) is 31.2 Å². The molecule has 1 aliphatic heterocycles. The van der Waals surface area contributed by atoms with E-state index in [0.29, 0.717) is 16.9 Å². The molecule has 1 aliphatic rings. The summed E-state index contributed by atoms with van der Waals surface area (Å²) in [6.45, 7) is 4.97. The summed E-state index contributed by atoms with van der Waals surface area (Å²) < 4.78 is 5.11. The Bertz CT molecular complexity index is 472. The van der Waals surface area contributed by atoms with Crippen LogP contribution in [0.4, 0.5) is 11.4 Å². The molecular weight excluding hydrogens is 268 g/mol. The van der Waals surface area contributed by atoms with E-state index in [-0.39, 0.29) is 5.91 Å². The van der Waals surface area contributed by atoms with Gasteiger partial charge in [0.25, 0.3) is 5.91 Å². The Morgan fingerprint density at radius 2 is 1.86 bits per heavy atom. The molecule has 1 amide bonds. The predicted octanol–water partition coefficient (Wildman–Crippen LogP) is 0.645. The molecule has 1 fully saturated rings. The molecule has 21 heavy (non-hydrogen) atoms. The second-order valence-electron chi connectivity index (χ2n) is 5.37. The molecule has 1 aromatic rings. The molecule has 116 valence electrons. The zero-order valence-corrected chi connectivity index (χ0v) is 12.5. The molecule has 1 aromatic carbocycles. The zero-order chi connectivity index (χ0) is 15.2. The van der Waals surface area contributed by atoms with Gasteiger partial charge in [0.1, 0.15) is 0 Å². The van der Waals surface area contributed by atoms with Crippen molar-refractivity contribution in [2.75, 3.05) is 57.9 Å². The Hall–Kier alpha value is -1.79. The maximum atomic E-state index is 12.5. The number of carbonyl (C=O) groups is 1. The van der Waals surface area contributed by atoms with Gasteiger partial charge in [0, 0.05) is 50.2 Å². The zero-order valence-electron chi connectivity index (χ0n) is 12.5. The fraction of sp³-hybridized carbons (Fsp3) is 0.533. The molecule has 0 aliphatic carbocycles. The number of rotatable bonds is 4. The summed E-state index contributed by atoms with van der Waals surface area (Å²) in [5, 5.41) is 0. The molecule has 6 nitrogen and oxygen atoms in total. The molecular formula is C15H24N4O2. The van der Waals surface area contributed by atoms with Gasteiger partial charge in [-0.1, -0.05) is 0 Å². The molecule has 0 atom stereocenters. The molecule has 4 N–H and O–H groups in total. The number of amides is 1. The second kappa shape index (κ2) is 7.28. The lowest BCUT2D eigenvalue weighted by molar-refractivity contribution is 0.0759. The number of hydrogen-bond acceptors (Lipinski definition) is 5. The maximum Gasteiger partial charge on any atom is 0.254 e. The smallest absolute Gasteiger partial charge is 0.254 e. The summed E-state index contributed by atoms with van der Waals surface area (Å²) in [6.07, 6.45) is 0.966. The Labute approximate surface area is 125 Å². The van der Waals surface area contributed by atoms with Crippen molar-refractivity contribution in [3.63, 3.8) is 0 Å². The lowest BCUT2D eigenvalue weighted by atomic mass is 10.1. The van der Waals surface area contributed by atoms with Crippen molar-refractivity contribution in [3.05, 3.63) is 23.8 Å². The third-order valence-electron chi connectivity index (χ3n) is 3.71. The Morgan fingerprint density at radius 3 is 2.52 bits per heavy atom. The second-order valence-corrected chi connectivity index (χ2v) is 5.37. The van der Waals surface area contributed by atoms with Crippen molar-refractivity contribution in [3.8, 4) is 0 Å². The van der Waals surface area contributed by atoms with Crippen molar-refractivity contribution < 1.29 is 9.53 Å². The molecule has 0 unspecified atom stereocenters. The van der Waals surface area contributed by atoms with Gasteiger partial charge in [-0.15, -0.1) is 0 Å². The highest BCUT2D eigenvalue weighted by Crippen LogP contribution is 2.16. The summed E-state index contributed by atoms with van der Waals surface area (Å²) in [6, 6.07) is 5.03. The number of benzene rings is 1. The molecule has 1 heterocycles. The standard InChI is InChI=1S/C15H24N4O2/c1-21-8-7-18-3-2-4-19(6-5-18)15(20)12-9-13(16)11-14(17)10-12/h9-11H,2-8,16-17H2,1H3. The van der Waals surface area contributed by atoms with Gasteiger partial charge >= 0.3 is 0 Å². The number of methoxy groups -OCH3 is 1. The highest BCUT2D eigenvalue weighted by molar-refractivity contribution is 5.96. The lowest BCUT2D eigenvalue weighted by Gasteiger charge is -2.22. The predicted molar refractivity (Wildman–Crippen MR) is 84.1 cm³/mol. The Morgan fingerprint density at radius 1 is 1.14 bits per heavy atom. The number of nitrogens with zero attached hydrogens (tertiary/aromatic N) is 2. The van der Waals surface area contributed by atoms with Crippen LogP contribution in [-0.4, -0.2) is 62.1 Å². The maximum absolute atomic E-state index is 12.5. The first-order valence-corrected chi connectivity index (χ1v) is 7.27. The van der Waals surface area contributed by atoms with Crippen LogP contribution in [0.1, 0.15) is 16.8 Å². The molecule has 6 heteroatoms. The van der Waals surface area contributed by atoms with E-state index in [1.165, 1.54) is 0 Å². The number of nitrogen functional groups attached to an aromatic ring is 2. The minimum absolute atomic E-state index is 0.00240. The number of carbonyl (C=O) groups excluding carboxylic acids is 1. The molecule has 0 spiro atoms.